The molecule has 1 rings (SSSR count). The Morgan fingerprint density at radius 1 is 1.47 bits per heavy atom. The fourth-order valence-corrected chi connectivity index (χ4v) is 3.11. The number of H-pyrrole nitrogens is 1. The van der Waals surface area contributed by atoms with Crippen molar-refractivity contribution in [2.45, 2.75) is 57.4 Å². The van der Waals surface area contributed by atoms with E-state index in [0.717, 1.165) is 25.7 Å². The zero-order chi connectivity index (χ0) is 12.9. The van der Waals surface area contributed by atoms with Gasteiger partial charge in [0.1, 0.15) is 4.90 Å². The summed E-state index contributed by atoms with van der Waals surface area (Å²) < 4.78 is 26.6. The fourth-order valence-electron chi connectivity index (χ4n) is 1.70. The number of unbranched alkanes of at least 4 members (excludes halogenated alkanes) is 2. The van der Waals surface area contributed by atoms with Crippen molar-refractivity contribution in [1.82, 2.24) is 14.9 Å². The Kier molecular flexibility index (Phi) is 5.14. The summed E-state index contributed by atoms with van der Waals surface area (Å²) in [5.74, 6) is 0. The Labute approximate surface area is 103 Å². The molecule has 98 valence electrons. The van der Waals surface area contributed by atoms with E-state index >= 15 is 0 Å². The molecule has 1 atom stereocenters. The van der Waals surface area contributed by atoms with E-state index in [1.54, 1.807) is 6.92 Å². The van der Waals surface area contributed by atoms with Gasteiger partial charge in [-0.15, -0.1) is 0 Å². The lowest BCUT2D eigenvalue weighted by Gasteiger charge is -2.13. The predicted molar refractivity (Wildman–Crippen MR) is 67.3 cm³/mol. The number of aromatic amines is 1. The molecule has 2 N–H and O–H groups in total. The van der Waals surface area contributed by atoms with Crippen LogP contribution in [0.4, 0.5) is 0 Å². The summed E-state index contributed by atoms with van der Waals surface area (Å²) in [6.07, 6.45) is 5.53. The zero-order valence-corrected chi connectivity index (χ0v) is 11.5. The van der Waals surface area contributed by atoms with Crippen molar-refractivity contribution in [2.75, 3.05) is 0 Å². The lowest BCUT2D eigenvalue weighted by molar-refractivity contribution is 0.527. The molecule has 0 amide bonds. The summed E-state index contributed by atoms with van der Waals surface area (Å²) in [7, 11) is -3.43. The van der Waals surface area contributed by atoms with E-state index in [9.17, 15) is 8.42 Å². The zero-order valence-electron chi connectivity index (χ0n) is 10.7. The smallest absolute Gasteiger partial charge is 0.244 e. The molecule has 1 unspecified atom stereocenters. The van der Waals surface area contributed by atoms with Crippen molar-refractivity contribution in [2.24, 2.45) is 0 Å². The van der Waals surface area contributed by atoms with Gasteiger partial charge in [-0.2, -0.15) is 5.10 Å². The van der Waals surface area contributed by atoms with Crippen LogP contribution in [0.2, 0.25) is 0 Å². The summed E-state index contributed by atoms with van der Waals surface area (Å²) >= 11 is 0. The van der Waals surface area contributed by atoms with Crippen LogP contribution in [0.25, 0.3) is 0 Å². The van der Waals surface area contributed by atoms with Crippen molar-refractivity contribution < 1.29 is 8.42 Å². The van der Waals surface area contributed by atoms with Gasteiger partial charge >= 0.3 is 0 Å². The molecule has 0 fully saturated rings. The number of nitrogens with one attached hydrogen (secondary N) is 2. The summed E-state index contributed by atoms with van der Waals surface area (Å²) in [4.78, 5) is 0.236. The van der Waals surface area contributed by atoms with E-state index in [2.05, 4.69) is 21.8 Å². The van der Waals surface area contributed by atoms with Crippen molar-refractivity contribution >= 4 is 10.0 Å². The van der Waals surface area contributed by atoms with E-state index in [-0.39, 0.29) is 10.9 Å². The number of nitrogens with zero attached hydrogens (tertiary/aromatic N) is 1. The minimum absolute atomic E-state index is 0.0409. The second-order valence-corrected chi connectivity index (χ2v) is 6.06. The number of aromatic nitrogens is 2. The van der Waals surface area contributed by atoms with Crippen LogP contribution in [0.15, 0.2) is 11.1 Å². The van der Waals surface area contributed by atoms with Crippen molar-refractivity contribution in [3.05, 3.63) is 11.9 Å². The topological polar surface area (TPSA) is 74.8 Å². The first-order chi connectivity index (χ1) is 7.97. The molecule has 0 saturated heterocycles. The van der Waals surface area contributed by atoms with Gasteiger partial charge in [-0.3, -0.25) is 5.10 Å². The average molecular weight is 259 g/mol. The van der Waals surface area contributed by atoms with Gasteiger partial charge < -0.3 is 0 Å². The highest BCUT2D eigenvalue weighted by Crippen LogP contribution is 2.12. The minimum Gasteiger partial charge on any atom is -0.281 e. The van der Waals surface area contributed by atoms with Gasteiger partial charge in [0.25, 0.3) is 0 Å². The van der Waals surface area contributed by atoms with Crippen molar-refractivity contribution in [3.8, 4) is 0 Å². The molecule has 0 spiro atoms. The Balaban J connectivity index is 2.58. The molecular formula is C11H21N3O2S. The normalized spacial score (nSPS) is 13.8. The molecular weight excluding hydrogens is 238 g/mol. The highest BCUT2D eigenvalue weighted by molar-refractivity contribution is 7.89. The second-order valence-electron chi connectivity index (χ2n) is 4.38. The standard InChI is InChI=1S/C11H21N3O2S/c1-4-5-6-7-9(2)14-17(15,16)11-8-12-13-10(11)3/h8-9,14H,4-7H2,1-3H3,(H,12,13). The summed E-state index contributed by atoms with van der Waals surface area (Å²) in [5, 5.41) is 6.36. The SMILES string of the molecule is CCCCCC(C)NS(=O)(=O)c1cn[nH]c1C. The molecule has 0 bridgehead atoms. The number of hydrogen-bond donors (Lipinski definition) is 2. The highest BCUT2D eigenvalue weighted by atomic mass is 32.2. The van der Waals surface area contributed by atoms with Gasteiger partial charge in [-0.1, -0.05) is 26.2 Å². The van der Waals surface area contributed by atoms with Gasteiger partial charge in [-0.05, 0) is 20.3 Å². The van der Waals surface area contributed by atoms with Crippen LogP contribution in [-0.2, 0) is 10.0 Å². The minimum atomic E-state index is -3.43. The van der Waals surface area contributed by atoms with E-state index in [0.29, 0.717) is 5.69 Å². The van der Waals surface area contributed by atoms with Crippen LogP contribution in [0.5, 0.6) is 0 Å². The maximum absolute atomic E-state index is 12.0. The molecule has 0 aliphatic carbocycles. The Morgan fingerprint density at radius 3 is 2.71 bits per heavy atom. The molecule has 0 aromatic carbocycles. The summed E-state index contributed by atoms with van der Waals surface area (Å²) in [6, 6.07) is -0.0409. The van der Waals surface area contributed by atoms with E-state index in [1.807, 2.05) is 6.92 Å². The third kappa shape index (κ3) is 4.12. The van der Waals surface area contributed by atoms with Gasteiger partial charge in [0.05, 0.1) is 11.9 Å². The van der Waals surface area contributed by atoms with Gasteiger partial charge in [0, 0.05) is 6.04 Å². The average Bonchev–Trinajstić information content (AvgIpc) is 2.64. The molecule has 0 radical (unpaired) electrons. The number of rotatable bonds is 7. The first kappa shape index (κ1) is 14.2. The predicted octanol–water partition coefficient (Wildman–Crippen LogP) is 1.97. The summed E-state index contributed by atoms with van der Waals surface area (Å²) in [5.41, 5.74) is 0.568. The second kappa shape index (κ2) is 6.16. The lowest BCUT2D eigenvalue weighted by Crippen LogP contribution is -2.32. The van der Waals surface area contributed by atoms with Gasteiger partial charge in [0.15, 0.2) is 0 Å². The van der Waals surface area contributed by atoms with Crippen LogP contribution in [0.1, 0.15) is 45.2 Å². The monoisotopic (exact) mass is 259 g/mol. The Bertz CT molecular complexity index is 439. The maximum atomic E-state index is 12.0. The molecule has 0 aliphatic heterocycles. The van der Waals surface area contributed by atoms with Crippen molar-refractivity contribution in [3.63, 3.8) is 0 Å². The largest absolute Gasteiger partial charge is 0.281 e. The van der Waals surface area contributed by atoms with Crippen LogP contribution < -0.4 is 4.72 Å². The molecule has 0 aliphatic rings. The van der Waals surface area contributed by atoms with E-state index in [4.69, 9.17) is 0 Å². The lowest BCUT2D eigenvalue weighted by atomic mass is 10.1. The van der Waals surface area contributed by atoms with Crippen LogP contribution in [0, 0.1) is 6.92 Å². The van der Waals surface area contributed by atoms with E-state index < -0.39 is 10.0 Å². The maximum Gasteiger partial charge on any atom is 0.244 e. The number of hydrogen-bond acceptors (Lipinski definition) is 3. The van der Waals surface area contributed by atoms with Gasteiger partial charge in [-0.25, -0.2) is 13.1 Å². The number of aryl methyl sites for hydroxylation is 1. The molecule has 5 nitrogen and oxygen atoms in total. The van der Waals surface area contributed by atoms with Gasteiger partial charge in [0.2, 0.25) is 10.0 Å². The van der Waals surface area contributed by atoms with Crippen LogP contribution >= 0.6 is 0 Å². The molecule has 17 heavy (non-hydrogen) atoms. The molecule has 1 aromatic heterocycles. The molecule has 1 aromatic rings. The Morgan fingerprint density at radius 2 is 2.18 bits per heavy atom. The first-order valence-corrected chi connectivity index (χ1v) is 7.48. The highest BCUT2D eigenvalue weighted by Gasteiger charge is 2.20. The quantitative estimate of drug-likeness (QED) is 0.735. The third-order valence-corrected chi connectivity index (χ3v) is 4.37. The first-order valence-electron chi connectivity index (χ1n) is 5.99. The molecule has 0 saturated carbocycles. The third-order valence-electron chi connectivity index (χ3n) is 2.67. The Hall–Kier alpha value is -0.880. The molecule has 1 heterocycles. The van der Waals surface area contributed by atoms with E-state index in [1.165, 1.54) is 6.20 Å². The molecule has 6 heteroatoms. The fraction of sp³-hybridized carbons (Fsp3) is 0.727. The number of sulfonamides is 1. The van der Waals surface area contributed by atoms with Crippen LogP contribution in [-0.4, -0.2) is 24.7 Å². The van der Waals surface area contributed by atoms with Crippen molar-refractivity contribution in [1.29, 1.82) is 0 Å². The summed E-state index contributed by atoms with van der Waals surface area (Å²) in [6.45, 7) is 5.72. The van der Waals surface area contributed by atoms with Crippen LogP contribution in [0.3, 0.4) is 0 Å².